The molecular formula is C19H36O3. The van der Waals surface area contributed by atoms with Gasteiger partial charge in [-0.3, -0.25) is 4.79 Å². The Morgan fingerprint density at radius 2 is 1.45 bits per heavy atom. The molecule has 3 nitrogen and oxygen atoms in total. The first kappa shape index (κ1) is 19.5. The summed E-state index contributed by atoms with van der Waals surface area (Å²) in [4.78, 5) is 11.0. The molecule has 1 heterocycles. The molecule has 1 aliphatic heterocycles. The van der Waals surface area contributed by atoms with Gasteiger partial charge in [0.15, 0.2) is 0 Å². The fourth-order valence-corrected chi connectivity index (χ4v) is 3.28. The van der Waals surface area contributed by atoms with Gasteiger partial charge in [-0.05, 0) is 32.1 Å². The van der Waals surface area contributed by atoms with Crippen LogP contribution in [0.25, 0.3) is 0 Å². The van der Waals surface area contributed by atoms with E-state index in [4.69, 9.17) is 4.74 Å². The van der Waals surface area contributed by atoms with Crippen LogP contribution < -0.4 is 0 Å². The topological polar surface area (TPSA) is 35.5 Å². The van der Waals surface area contributed by atoms with Crippen LogP contribution in [-0.2, 0) is 14.3 Å². The fourth-order valence-electron chi connectivity index (χ4n) is 3.28. The smallest absolute Gasteiger partial charge is 0.305 e. The van der Waals surface area contributed by atoms with Gasteiger partial charge in [0.2, 0.25) is 0 Å². The van der Waals surface area contributed by atoms with Crippen molar-refractivity contribution in [3.05, 3.63) is 0 Å². The molecule has 0 aromatic heterocycles. The van der Waals surface area contributed by atoms with Gasteiger partial charge in [0, 0.05) is 6.42 Å². The van der Waals surface area contributed by atoms with Crippen LogP contribution in [0.5, 0.6) is 0 Å². The Hall–Kier alpha value is -0.570. The quantitative estimate of drug-likeness (QED) is 0.337. The first-order valence-electron chi connectivity index (χ1n) is 9.48. The van der Waals surface area contributed by atoms with Gasteiger partial charge >= 0.3 is 5.97 Å². The molecule has 0 radical (unpaired) electrons. The predicted octanol–water partition coefficient (Wildman–Crippen LogP) is 5.41. The van der Waals surface area contributed by atoms with E-state index in [2.05, 4.69) is 11.7 Å². The monoisotopic (exact) mass is 312 g/mol. The zero-order chi connectivity index (χ0) is 16.0. The van der Waals surface area contributed by atoms with Gasteiger partial charge < -0.3 is 9.47 Å². The van der Waals surface area contributed by atoms with E-state index in [0.29, 0.717) is 18.6 Å². The lowest BCUT2D eigenvalue weighted by atomic mass is 10.0. The van der Waals surface area contributed by atoms with Crippen molar-refractivity contribution < 1.29 is 14.3 Å². The van der Waals surface area contributed by atoms with Crippen molar-refractivity contribution in [3.63, 3.8) is 0 Å². The molecule has 0 aliphatic carbocycles. The Labute approximate surface area is 137 Å². The van der Waals surface area contributed by atoms with Crippen LogP contribution in [0.1, 0.15) is 96.8 Å². The summed E-state index contributed by atoms with van der Waals surface area (Å²) in [6.07, 6.45) is 17.9. The van der Waals surface area contributed by atoms with E-state index in [1.165, 1.54) is 77.7 Å². The van der Waals surface area contributed by atoms with E-state index >= 15 is 0 Å². The number of ether oxygens (including phenoxy) is 2. The van der Waals surface area contributed by atoms with Gasteiger partial charge in [0.05, 0.1) is 19.3 Å². The highest BCUT2D eigenvalue weighted by atomic mass is 16.5. The molecule has 1 aliphatic rings. The van der Waals surface area contributed by atoms with Gasteiger partial charge in [0.25, 0.3) is 0 Å². The zero-order valence-corrected chi connectivity index (χ0v) is 14.8. The minimum atomic E-state index is -0.0770. The van der Waals surface area contributed by atoms with E-state index in [1.807, 2.05) is 0 Å². The van der Waals surface area contributed by atoms with Gasteiger partial charge in [0.1, 0.15) is 0 Å². The number of methoxy groups -OCH3 is 1. The van der Waals surface area contributed by atoms with Crippen molar-refractivity contribution in [1.29, 1.82) is 0 Å². The van der Waals surface area contributed by atoms with E-state index in [-0.39, 0.29) is 5.97 Å². The second-order valence-electron chi connectivity index (χ2n) is 6.69. The highest BCUT2D eigenvalue weighted by Crippen LogP contribution is 2.27. The van der Waals surface area contributed by atoms with Gasteiger partial charge in [-0.2, -0.15) is 0 Å². The lowest BCUT2D eigenvalue weighted by Crippen LogP contribution is -2.10. The Kier molecular flexibility index (Phi) is 11.4. The van der Waals surface area contributed by atoms with Gasteiger partial charge in [-0.1, -0.05) is 58.3 Å². The number of unbranched alkanes of at least 4 members (excludes halogenated alkanes) is 7. The van der Waals surface area contributed by atoms with E-state index in [9.17, 15) is 4.79 Å². The van der Waals surface area contributed by atoms with Crippen molar-refractivity contribution in [2.45, 2.75) is 109 Å². The molecule has 0 aromatic carbocycles. The second kappa shape index (κ2) is 12.9. The molecule has 0 spiro atoms. The van der Waals surface area contributed by atoms with Crippen LogP contribution in [0, 0.1) is 0 Å². The van der Waals surface area contributed by atoms with Crippen molar-refractivity contribution in [2.24, 2.45) is 0 Å². The van der Waals surface area contributed by atoms with Crippen LogP contribution >= 0.6 is 0 Å². The number of esters is 1. The summed E-state index contributed by atoms with van der Waals surface area (Å²) in [6, 6.07) is 0. The summed E-state index contributed by atoms with van der Waals surface area (Å²) in [5, 5.41) is 0. The van der Waals surface area contributed by atoms with Crippen LogP contribution in [-0.4, -0.2) is 25.3 Å². The molecular weight excluding hydrogens is 276 g/mol. The third-order valence-electron chi connectivity index (χ3n) is 4.71. The lowest BCUT2D eigenvalue weighted by Gasteiger charge is -2.13. The van der Waals surface area contributed by atoms with Crippen LogP contribution in [0.15, 0.2) is 0 Å². The maximum Gasteiger partial charge on any atom is 0.305 e. The molecule has 0 N–H and O–H groups in total. The number of hydrogen-bond acceptors (Lipinski definition) is 3. The molecule has 1 rings (SSSR count). The predicted molar refractivity (Wildman–Crippen MR) is 91.0 cm³/mol. The maximum atomic E-state index is 11.0. The normalized spacial score (nSPS) is 21.2. The Morgan fingerprint density at radius 3 is 2.05 bits per heavy atom. The standard InChI is InChI=1S/C19H36O3/c1-3-4-9-12-17-15-16-18(22-17)13-10-7-5-6-8-11-14-19(20)21-2/h17-18H,3-16H2,1-2H3/t17-,18+/m1/s1. The number of carbonyl (C=O) groups excluding carboxylic acids is 1. The molecule has 3 heteroatoms. The SMILES string of the molecule is CCCCC[C@@H]1CC[C@H](CCCCCCCCC(=O)OC)O1. The number of carbonyl (C=O) groups is 1. The van der Waals surface area contributed by atoms with Crippen LogP contribution in [0.4, 0.5) is 0 Å². The molecule has 0 amide bonds. The molecule has 130 valence electrons. The van der Waals surface area contributed by atoms with E-state index in [0.717, 1.165) is 12.8 Å². The number of rotatable bonds is 13. The van der Waals surface area contributed by atoms with Crippen LogP contribution in [0.2, 0.25) is 0 Å². The highest BCUT2D eigenvalue weighted by Gasteiger charge is 2.23. The summed E-state index contributed by atoms with van der Waals surface area (Å²) >= 11 is 0. The summed E-state index contributed by atoms with van der Waals surface area (Å²) in [5.41, 5.74) is 0. The van der Waals surface area contributed by atoms with Crippen molar-refractivity contribution in [2.75, 3.05) is 7.11 Å². The summed E-state index contributed by atoms with van der Waals surface area (Å²) in [6.45, 7) is 2.26. The molecule has 0 unspecified atom stereocenters. The molecule has 1 saturated heterocycles. The molecule has 1 fully saturated rings. The first-order valence-corrected chi connectivity index (χ1v) is 9.48. The Balaban J connectivity index is 1.86. The zero-order valence-electron chi connectivity index (χ0n) is 14.8. The summed E-state index contributed by atoms with van der Waals surface area (Å²) in [5.74, 6) is -0.0770. The maximum absolute atomic E-state index is 11.0. The largest absolute Gasteiger partial charge is 0.469 e. The minimum absolute atomic E-state index is 0.0770. The van der Waals surface area contributed by atoms with Gasteiger partial charge in [-0.25, -0.2) is 0 Å². The fraction of sp³-hybridized carbons (Fsp3) is 0.947. The average Bonchev–Trinajstić information content (AvgIpc) is 2.97. The third kappa shape index (κ3) is 9.45. The first-order chi connectivity index (χ1) is 10.8. The van der Waals surface area contributed by atoms with E-state index in [1.54, 1.807) is 0 Å². The summed E-state index contributed by atoms with van der Waals surface area (Å²) in [7, 11) is 1.46. The highest BCUT2D eigenvalue weighted by molar-refractivity contribution is 5.68. The third-order valence-corrected chi connectivity index (χ3v) is 4.71. The van der Waals surface area contributed by atoms with Crippen LogP contribution in [0.3, 0.4) is 0 Å². The number of hydrogen-bond donors (Lipinski definition) is 0. The molecule has 2 atom stereocenters. The minimum Gasteiger partial charge on any atom is -0.469 e. The molecule has 0 bridgehead atoms. The molecule has 0 aromatic rings. The van der Waals surface area contributed by atoms with Crippen molar-refractivity contribution >= 4 is 5.97 Å². The summed E-state index contributed by atoms with van der Waals surface area (Å²) < 4.78 is 10.8. The second-order valence-corrected chi connectivity index (χ2v) is 6.69. The average molecular weight is 312 g/mol. The Morgan fingerprint density at radius 1 is 0.909 bits per heavy atom. The molecule has 0 saturated carbocycles. The lowest BCUT2D eigenvalue weighted by molar-refractivity contribution is -0.140. The van der Waals surface area contributed by atoms with E-state index < -0.39 is 0 Å². The van der Waals surface area contributed by atoms with Gasteiger partial charge in [-0.15, -0.1) is 0 Å². The Bertz CT molecular complexity index is 278. The van der Waals surface area contributed by atoms with Crippen molar-refractivity contribution in [1.82, 2.24) is 0 Å². The van der Waals surface area contributed by atoms with Crippen molar-refractivity contribution in [3.8, 4) is 0 Å². The molecule has 22 heavy (non-hydrogen) atoms.